The Morgan fingerprint density at radius 3 is 2.59 bits per heavy atom. The maximum absolute atomic E-state index is 11.9. The molecule has 1 unspecified atom stereocenters. The van der Waals surface area contributed by atoms with Gasteiger partial charge in [0, 0.05) is 18.2 Å². The van der Waals surface area contributed by atoms with Crippen molar-refractivity contribution in [2.45, 2.75) is 24.9 Å². The third-order valence-electron chi connectivity index (χ3n) is 2.95. The lowest BCUT2D eigenvalue weighted by atomic mass is 9.99. The highest BCUT2D eigenvalue weighted by Crippen LogP contribution is 2.27. The molecule has 0 spiro atoms. The summed E-state index contributed by atoms with van der Waals surface area (Å²) in [5.41, 5.74) is -0.715. The Morgan fingerprint density at radius 1 is 1.47 bits per heavy atom. The Labute approximate surface area is 107 Å². The standard InChI is InChI=1S/C13H21NO2S/c1-3-5-11(6-4-2)12(15)14-9-13(16)7-8-17-10-13/h3-4,11,16H,1-2,5-10H2,(H,14,15). The van der Waals surface area contributed by atoms with Gasteiger partial charge in [0.05, 0.1) is 5.60 Å². The van der Waals surface area contributed by atoms with Gasteiger partial charge in [-0.3, -0.25) is 4.79 Å². The van der Waals surface area contributed by atoms with E-state index < -0.39 is 5.60 Å². The predicted molar refractivity (Wildman–Crippen MR) is 73.0 cm³/mol. The van der Waals surface area contributed by atoms with E-state index in [1.807, 2.05) is 0 Å². The molecule has 0 bridgehead atoms. The molecule has 0 aromatic heterocycles. The first kappa shape index (κ1) is 14.3. The number of rotatable bonds is 7. The summed E-state index contributed by atoms with van der Waals surface area (Å²) >= 11 is 1.73. The van der Waals surface area contributed by atoms with Gasteiger partial charge in [0.1, 0.15) is 0 Å². The van der Waals surface area contributed by atoms with Gasteiger partial charge in [-0.1, -0.05) is 12.2 Å². The highest BCUT2D eigenvalue weighted by molar-refractivity contribution is 7.99. The first-order valence-corrected chi connectivity index (χ1v) is 7.06. The second-order valence-electron chi connectivity index (χ2n) is 4.49. The van der Waals surface area contributed by atoms with Gasteiger partial charge in [0.2, 0.25) is 5.91 Å². The quantitative estimate of drug-likeness (QED) is 0.681. The van der Waals surface area contributed by atoms with Crippen molar-refractivity contribution in [1.29, 1.82) is 0 Å². The van der Waals surface area contributed by atoms with Crippen LogP contribution in [0, 0.1) is 5.92 Å². The lowest BCUT2D eigenvalue weighted by Gasteiger charge is -2.23. The lowest BCUT2D eigenvalue weighted by molar-refractivity contribution is -0.125. The molecule has 1 saturated heterocycles. The molecule has 0 saturated carbocycles. The van der Waals surface area contributed by atoms with Gasteiger partial charge >= 0.3 is 0 Å². The third-order valence-corrected chi connectivity index (χ3v) is 4.18. The monoisotopic (exact) mass is 255 g/mol. The average Bonchev–Trinajstić information content (AvgIpc) is 2.73. The highest BCUT2D eigenvalue weighted by Gasteiger charge is 2.32. The highest BCUT2D eigenvalue weighted by atomic mass is 32.2. The molecule has 1 fully saturated rings. The minimum absolute atomic E-state index is 0.0184. The predicted octanol–water partition coefficient (Wildman–Crippen LogP) is 1.74. The van der Waals surface area contributed by atoms with Crippen LogP contribution in [0.15, 0.2) is 25.3 Å². The summed E-state index contributed by atoms with van der Waals surface area (Å²) < 4.78 is 0. The van der Waals surface area contributed by atoms with Crippen LogP contribution in [0.5, 0.6) is 0 Å². The van der Waals surface area contributed by atoms with Crippen LogP contribution in [-0.4, -0.2) is 34.7 Å². The van der Waals surface area contributed by atoms with Crippen LogP contribution in [0.3, 0.4) is 0 Å². The summed E-state index contributed by atoms with van der Waals surface area (Å²) in [5, 5.41) is 12.9. The lowest BCUT2D eigenvalue weighted by Crippen LogP contribution is -2.44. The largest absolute Gasteiger partial charge is 0.387 e. The van der Waals surface area contributed by atoms with Gasteiger partial charge in [0.25, 0.3) is 0 Å². The zero-order valence-corrected chi connectivity index (χ0v) is 11.0. The normalized spacial score (nSPS) is 23.6. The topological polar surface area (TPSA) is 49.3 Å². The zero-order valence-electron chi connectivity index (χ0n) is 10.2. The Balaban J connectivity index is 2.40. The molecule has 0 aromatic rings. The van der Waals surface area contributed by atoms with Crippen molar-refractivity contribution in [2.75, 3.05) is 18.1 Å². The number of aliphatic hydroxyl groups is 1. The summed E-state index contributed by atoms with van der Waals surface area (Å²) in [7, 11) is 0. The first-order valence-electron chi connectivity index (χ1n) is 5.91. The van der Waals surface area contributed by atoms with Gasteiger partial charge < -0.3 is 10.4 Å². The van der Waals surface area contributed by atoms with Gasteiger partial charge in [-0.2, -0.15) is 11.8 Å². The molecule has 2 N–H and O–H groups in total. The minimum Gasteiger partial charge on any atom is -0.387 e. The minimum atomic E-state index is -0.715. The van der Waals surface area contributed by atoms with Crippen molar-refractivity contribution in [3.63, 3.8) is 0 Å². The summed E-state index contributed by atoms with van der Waals surface area (Å²) in [6, 6.07) is 0. The number of thioether (sulfide) groups is 1. The van der Waals surface area contributed by atoms with Crippen LogP contribution in [0.25, 0.3) is 0 Å². The summed E-state index contributed by atoms with van der Waals surface area (Å²) in [4.78, 5) is 11.9. The van der Waals surface area contributed by atoms with E-state index in [-0.39, 0.29) is 11.8 Å². The number of nitrogens with one attached hydrogen (secondary N) is 1. The number of carbonyl (C=O) groups is 1. The molecule has 4 heteroatoms. The van der Waals surface area contributed by atoms with Crippen LogP contribution in [-0.2, 0) is 4.79 Å². The van der Waals surface area contributed by atoms with Crippen molar-refractivity contribution in [2.24, 2.45) is 5.92 Å². The average molecular weight is 255 g/mol. The van der Waals surface area contributed by atoms with E-state index in [9.17, 15) is 9.90 Å². The van der Waals surface area contributed by atoms with E-state index in [2.05, 4.69) is 18.5 Å². The van der Waals surface area contributed by atoms with Crippen LogP contribution >= 0.6 is 11.8 Å². The molecule has 1 aliphatic rings. The number of amides is 1. The number of allylic oxidation sites excluding steroid dienone is 2. The molecule has 1 atom stereocenters. The van der Waals surface area contributed by atoms with Crippen LogP contribution < -0.4 is 5.32 Å². The fraction of sp³-hybridized carbons (Fsp3) is 0.615. The van der Waals surface area contributed by atoms with Crippen molar-refractivity contribution >= 4 is 17.7 Å². The molecule has 1 heterocycles. The second kappa shape index (κ2) is 6.87. The molecule has 17 heavy (non-hydrogen) atoms. The van der Waals surface area contributed by atoms with Crippen molar-refractivity contribution in [3.8, 4) is 0 Å². The molecule has 3 nitrogen and oxygen atoms in total. The Hall–Kier alpha value is -0.740. The maximum atomic E-state index is 11.9. The Kier molecular flexibility index (Phi) is 5.78. The number of hydrogen-bond donors (Lipinski definition) is 2. The molecule has 0 aliphatic carbocycles. The molecule has 0 radical (unpaired) electrons. The molecule has 96 valence electrons. The zero-order chi connectivity index (χ0) is 12.7. The van der Waals surface area contributed by atoms with E-state index in [1.54, 1.807) is 23.9 Å². The Morgan fingerprint density at radius 2 is 2.12 bits per heavy atom. The summed E-state index contributed by atoms with van der Waals surface area (Å²) in [6.45, 7) is 7.65. The fourth-order valence-corrected chi connectivity index (χ4v) is 3.14. The van der Waals surface area contributed by atoms with E-state index >= 15 is 0 Å². The third kappa shape index (κ3) is 4.56. The van der Waals surface area contributed by atoms with Gasteiger partial charge in [-0.15, -0.1) is 13.2 Å². The molecule has 1 amide bonds. The second-order valence-corrected chi connectivity index (χ2v) is 5.60. The van der Waals surface area contributed by atoms with Gasteiger partial charge in [0.15, 0.2) is 0 Å². The van der Waals surface area contributed by atoms with Crippen molar-refractivity contribution < 1.29 is 9.90 Å². The number of carbonyl (C=O) groups excluding carboxylic acids is 1. The van der Waals surface area contributed by atoms with Crippen molar-refractivity contribution in [1.82, 2.24) is 5.32 Å². The van der Waals surface area contributed by atoms with Crippen LogP contribution in [0.1, 0.15) is 19.3 Å². The molecular formula is C13H21NO2S. The van der Waals surface area contributed by atoms with Crippen LogP contribution in [0.2, 0.25) is 0 Å². The SMILES string of the molecule is C=CCC(CC=C)C(=O)NCC1(O)CCSC1. The molecular weight excluding hydrogens is 234 g/mol. The Bertz CT molecular complexity index is 275. The first-order chi connectivity index (χ1) is 8.11. The molecule has 1 aliphatic heterocycles. The summed E-state index contributed by atoms with van der Waals surface area (Å²) in [6.07, 6.45) is 5.53. The van der Waals surface area contributed by atoms with E-state index in [4.69, 9.17) is 0 Å². The smallest absolute Gasteiger partial charge is 0.223 e. The molecule has 0 aromatic carbocycles. The summed E-state index contributed by atoms with van der Waals surface area (Å²) in [5.74, 6) is 1.55. The fourth-order valence-electron chi connectivity index (χ4n) is 1.84. The van der Waals surface area contributed by atoms with Crippen molar-refractivity contribution in [3.05, 3.63) is 25.3 Å². The van der Waals surface area contributed by atoms with Gasteiger partial charge in [-0.05, 0) is 25.0 Å². The van der Waals surface area contributed by atoms with E-state index in [1.165, 1.54) is 0 Å². The van der Waals surface area contributed by atoms with Crippen LogP contribution in [0.4, 0.5) is 0 Å². The molecule has 1 rings (SSSR count). The van der Waals surface area contributed by atoms with E-state index in [0.717, 1.165) is 12.2 Å². The number of hydrogen-bond acceptors (Lipinski definition) is 3. The maximum Gasteiger partial charge on any atom is 0.223 e. The van der Waals surface area contributed by atoms with Gasteiger partial charge in [-0.25, -0.2) is 0 Å². The van der Waals surface area contributed by atoms with E-state index in [0.29, 0.717) is 25.1 Å².